The number of amides is 2. The Morgan fingerprint density at radius 3 is 2.07 bits per heavy atom. The Morgan fingerprint density at radius 1 is 0.929 bits per heavy atom. The van der Waals surface area contributed by atoms with Gasteiger partial charge >= 0.3 is 11.8 Å². The lowest BCUT2D eigenvalue weighted by Crippen LogP contribution is -2.61. The fourth-order valence-electron chi connectivity index (χ4n) is 5.88. The van der Waals surface area contributed by atoms with Gasteiger partial charge in [0.05, 0.1) is 13.2 Å². The second-order valence-electron chi connectivity index (χ2n) is 8.63. The molecule has 0 heterocycles. The van der Waals surface area contributed by atoms with Crippen molar-refractivity contribution in [3.63, 3.8) is 0 Å². The third-order valence-corrected chi connectivity index (χ3v) is 6.42. The fourth-order valence-corrected chi connectivity index (χ4v) is 5.88. The second-order valence-corrected chi connectivity index (χ2v) is 8.63. The van der Waals surface area contributed by atoms with Crippen LogP contribution in [0, 0.1) is 17.8 Å². The maximum atomic E-state index is 12.6. The van der Waals surface area contributed by atoms with Gasteiger partial charge in [-0.3, -0.25) is 9.59 Å². The molecule has 4 aliphatic rings. The van der Waals surface area contributed by atoms with Gasteiger partial charge in [0.2, 0.25) is 0 Å². The molecule has 0 spiro atoms. The van der Waals surface area contributed by atoms with E-state index in [1.807, 2.05) is 13.8 Å². The zero-order valence-electron chi connectivity index (χ0n) is 16.8. The number of hydrogen-bond acceptors (Lipinski definition) is 4. The van der Waals surface area contributed by atoms with Crippen LogP contribution in [0.4, 0.5) is 5.69 Å². The van der Waals surface area contributed by atoms with Gasteiger partial charge in [0.25, 0.3) is 0 Å². The van der Waals surface area contributed by atoms with Crippen LogP contribution in [0.1, 0.15) is 52.4 Å². The Bertz CT molecular complexity index is 726. The number of carbonyl (C=O) groups excluding carboxylic acids is 2. The number of anilines is 1. The van der Waals surface area contributed by atoms with E-state index in [2.05, 4.69) is 10.6 Å². The van der Waals surface area contributed by atoms with Crippen molar-refractivity contribution in [2.24, 2.45) is 17.8 Å². The van der Waals surface area contributed by atoms with Crippen LogP contribution >= 0.6 is 0 Å². The van der Waals surface area contributed by atoms with Crippen LogP contribution in [0.3, 0.4) is 0 Å². The predicted molar refractivity (Wildman–Crippen MR) is 106 cm³/mol. The summed E-state index contributed by atoms with van der Waals surface area (Å²) in [5.74, 6) is 2.18. The molecule has 28 heavy (non-hydrogen) atoms. The summed E-state index contributed by atoms with van der Waals surface area (Å²) < 4.78 is 11.1. The molecule has 0 radical (unpaired) electrons. The number of carbonyl (C=O) groups is 2. The van der Waals surface area contributed by atoms with Crippen LogP contribution in [0.2, 0.25) is 0 Å². The first-order chi connectivity index (χ1) is 13.5. The molecule has 0 unspecified atom stereocenters. The number of nitrogens with one attached hydrogen (secondary N) is 2. The van der Waals surface area contributed by atoms with E-state index >= 15 is 0 Å². The highest BCUT2D eigenvalue weighted by molar-refractivity contribution is 6.39. The first kappa shape index (κ1) is 19.1. The van der Waals surface area contributed by atoms with Gasteiger partial charge in [-0.25, -0.2) is 0 Å². The van der Waals surface area contributed by atoms with Gasteiger partial charge in [-0.2, -0.15) is 0 Å². The maximum absolute atomic E-state index is 12.6. The van der Waals surface area contributed by atoms with Gasteiger partial charge in [-0.15, -0.1) is 0 Å². The zero-order valence-corrected chi connectivity index (χ0v) is 16.8. The molecule has 1 aromatic carbocycles. The van der Waals surface area contributed by atoms with Crippen molar-refractivity contribution in [1.82, 2.24) is 5.32 Å². The van der Waals surface area contributed by atoms with E-state index in [1.54, 1.807) is 18.2 Å². The van der Waals surface area contributed by atoms with Gasteiger partial charge in [-0.05, 0) is 82.3 Å². The van der Waals surface area contributed by atoms with Gasteiger partial charge in [0, 0.05) is 17.3 Å². The molecular formula is C22H30N2O4. The van der Waals surface area contributed by atoms with Crippen LogP contribution in [0.15, 0.2) is 18.2 Å². The molecule has 0 atom stereocenters. The predicted octanol–water partition coefficient (Wildman–Crippen LogP) is 3.51. The lowest BCUT2D eigenvalue weighted by atomic mass is 9.53. The molecule has 2 amide bonds. The third kappa shape index (κ3) is 3.82. The lowest BCUT2D eigenvalue weighted by Gasteiger charge is -2.56. The van der Waals surface area contributed by atoms with Crippen LogP contribution in [0.5, 0.6) is 11.5 Å². The Kier molecular flexibility index (Phi) is 5.21. The summed E-state index contributed by atoms with van der Waals surface area (Å²) >= 11 is 0. The maximum Gasteiger partial charge on any atom is 0.313 e. The Hall–Kier alpha value is -2.24. The van der Waals surface area contributed by atoms with Crippen molar-refractivity contribution in [3.8, 4) is 11.5 Å². The van der Waals surface area contributed by atoms with E-state index < -0.39 is 11.8 Å². The SMILES string of the molecule is CCOc1ccc(NC(=O)C(=O)NC23CC4CC(CC(C4)C2)C3)cc1OCC. The van der Waals surface area contributed by atoms with Crippen molar-refractivity contribution in [1.29, 1.82) is 0 Å². The minimum Gasteiger partial charge on any atom is -0.490 e. The van der Waals surface area contributed by atoms with Crippen molar-refractivity contribution < 1.29 is 19.1 Å². The van der Waals surface area contributed by atoms with Crippen LogP contribution < -0.4 is 20.1 Å². The molecule has 0 aromatic heterocycles. The molecule has 5 rings (SSSR count). The fraction of sp³-hybridized carbons (Fsp3) is 0.636. The highest BCUT2D eigenvalue weighted by Gasteiger charge is 2.51. The molecular weight excluding hydrogens is 356 g/mol. The number of ether oxygens (including phenoxy) is 2. The van der Waals surface area contributed by atoms with Crippen molar-refractivity contribution >= 4 is 17.5 Å². The summed E-state index contributed by atoms with van der Waals surface area (Å²) in [5.41, 5.74) is 0.357. The number of rotatable bonds is 6. The second kappa shape index (κ2) is 7.64. The number of benzene rings is 1. The molecule has 6 heteroatoms. The van der Waals surface area contributed by atoms with E-state index in [0.717, 1.165) is 37.0 Å². The van der Waals surface area contributed by atoms with Gasteiger partial charge < -0.3 is 20.1 Å². The molecule has 4 saturated carbocycles. The number of hydrogen-bond donors (Lipinski definition) is 2. The minimum absolute atomic E-state index is 0.168. The summed E-state index contributed by atoms with van der Waals surface area (Å²) in [5, 5.41) is 5.81. The molecule has 6 nitrogen and oxygen atoms in total. The van der Waals surface area contributed by atoms with Crippen LogP contribution in [-0.4, -0.2) is 30.6 Å². The van der Waals surface area contributed by atoms with Crippen LogP contribution in [0.25, 0.3) is 0 Å². The van der Waals surface area contributed by atoms with Gasteiger partial charge in [-0.1, -0.05) is 0 Å². The quantitative estimate of drug-likeness (QED) is 0.734. The van der Waals surface area contributed by atoms with E-state index in [-0.39, 0.29) is 5.54 Å². The summed E-state index contributed by atoms with van der Waals surface area (Å²) in [6, 6.07) is 5.18. The first-order valence-corrected chi connectivity index (χ1v) is 10.5. The van der Waals surface area contributed by atoms with E-state index in [1.165, 1.54) is 19.3 Å². The van der Waals surface area contributed by atoms with E-state index in [9.17, 15) is 9.59 Å². The molecule has 1 aromatic rings. The molecule has 0 saturated heterocycles. The Balaban J connectivity index is 1.41. The molecule has 4 bridgehead atoms. The average Bonchev–Trinajstić information content (AvgIpc) is 2.62. The zero-order chi connectivity index (χ0) is 19.7. The smallest absolute Gasteiger partial charge is 0.313 e. The summed E-state index contributed by atoms with van der Waals surface area (Å²) in [4.78, 5) is 25.2. The Labute approximate surface area is 166 Å². The topological polar surface area (TPSA) is 76.7 Å². The average molecular weight is 386 g/mol. The van der Waals surface area contributed by atoms with Gasteiger partial charge in [0.1, 0.15) is 0 Å². The van der Waals surface area contributed by atoms with Gasteiger partial charge in [0.15, 0.2) is 11.5 Å². The summed E-state index contributed by atoms with van der Waals surface area (Å²) in [7, 11) is 0. The molecule has 2 N–H and O–H groups in total. The monoisotopic (exact) mass is 386 g/mol. The Morgan fingerprint density at radius 2 is 1.50 bits per heavy atom. The highest BCUT2D eigenvalue weighted by Crippen LogP contribution is 2.55. The summed E-state index contributed by atoms with van der Waals surface area (Å²) in [6.45, 7) is 4.81. The van der Waals surface area contributed by atoms with Crippen molar-refractivity contribution in [2.45, 2.75) is 57.9 Å². The molecule has 0 aliphatic heterocycles. The normalized spacial score (nSPS) is 30.0. The van der Waals surface area contributed by atoms with Crippen molar-refractivity contribution in [3.05, 3.63) is 18.2 Å². The lowest BCUT2D eigenvalue weighted by molar-refractivity contribution is -0.139. The molecule has 4 fully saturated rings. The van der Waals surface area contributed by atoms with Crippen molar-refractivity contribution in [2.75, 3.05) is 18.5 Å². The standard InChI is InChI=1S/C22H30N2O4/c1-3-27-18-6-5-17(10-19(18)28-4-2)23-20(25)21(26)24-22-11-14-7-15(12-22)9-16(8-14)13-22/h5-6,10,14-16H,3-4,7-9,11-13H2,1-2H3,(H,23,25)(H,24,26). The third-order valence-electron chi connectivity index (χ3n) is 6.42. The minimum atomic E-state index is -0.623. The highest BCUT2D eigenvalue weighted by atomic mass is 16.5. The van der Waals surface area contributed by atoms with E-state index in [4.69, 9.17) is 9.47 Å². The largest absolute Gasteiger partial charge is 0.490 e. The molecule has 152 valence electrons. The van der Waals surface area contributed by atoms with E-state index in [0.29, 0.717) is 30.4 Å². The van der Waals surface area contributed by atoms with Crippen LogP contribution in [-0.2, 0) is 9.59 Å². The first-order valence-electron chi connectivity index (χ1n) is 10.5. The summed E-state index contributed by atoms with van der Waals surface area (Å²) in [6.07, 6.45) is 6.97. The molecule has 4 aliphatic carbocycles.